The van der Waals surface area contributed by atoms with E-state index in [2.05, 4.69) is 22.1 Å². The first kappa shape index (κ1) is 16.6. The quantitative estimate of drug-likeness (QED) is 0.899. The molecule has 0 aliphatic carbocycles. The summed E-state index contributed by atoms with van der Waals surface area (Å²) in [6, 6.07) is 5.83. The van der Waals surface area contributed by atoms with Crippen molar-refractivity contribution in [1.82, 2.24) is 10.3 Å². The number of anilines is 1. The molecule has 0 fully saturated rings. The van der Waals surface area contributed by atoms with Gasteiger partial charge in [0.15, 0.2) is 0 Å². The van der Waals surface area contributed by atoms with Gasteiger partial charge in [-0.1, -0.05) is 0 Å². The number of hydrogen-bond acceptors (Lipinski definition) is 6. The highest BCUT2D eigenvalue weighted by molar-refractivity contribution is 7.09. The third-order valence-corrected chi connectivity index (χ3v) is 4.75. The van der Waals surface area contributed by atoms with Gasteiger partial charge in [0, 0.05) is 18.5 Å². The molecule has 1 aromatic heterocycles. The van der Waals surface area contributed by atoms with E-state index in [1.165, 1.54) is 11.3 Å². The molecule has 1 amide bonds. The van der Waals surface area contributed by atoms with Crippen molar-refractivity contribution in [2.24, 2.45) is 0 Å². The van der Waals surface area contributed by atoms with Crippen LogP contribution in [-0.4, -0.2) is 37.7 Å². The highest BCUT2D eigenvalue weighted by atomic mass is 32.1. The molecule has 1 aliphatic rings. The molecule has 0 radical (unpaired) electrons. The van der Waals surface area contributed by atoms with Crippen LogP contribution in [0.15, 0.2) is 23.6 Å². The van der Waals surface area contributed by atoms with Crippen molar-refractivity contribution >= 4 is 22.9 Å². The Morgan fingerprint density at radius 2 is 2.38 bits per heavy atom. The molecule has 24 heavy (non-hydrogen) atoms. The van der Waals surface area contributed by atoms with E-state index in [0.29, 0.717) is 13.0 Å². The first-order valence-corrected chi connectivity index (χ1v) is 8.70. The van der Waals surface area contributed by atoms with Crippen LogP contribution < -0.4 is 19.7 Å². The summed E-state index contributed by atoms with van der Waals surface area (Å²) in [6.07, 6.45) is 0.431. The van der Waals surface area contributed by atoms with Crippen molar-refractivity contribution in [3.63, 3.8) is 0 Å². The van der Waals surface area contributed by atoms with E-state index < -0.39 is 0 Å². The smallest absolute Gasteiger partial charge is 0.226 e. The number of carbonyl (C=O) groups is 1. The summed E-state index contributed by atoms with van der Waals surface area (Å²) >= 11 is 1.52. The molecule has 0 unspecified atom stereocenters. The van der Waals surface area contributed by atoms with E-state index in [1.807, 2.05) is 23.6 Å². The van der Waals surface area contributed by atoms with E-state index in [9.17, 15) is 4.79 Å². The van der Waals surface area contributed by atoms with Gasteiger partial charge in [0.25, 0.3) is 0 Å². The van der Waals surface area contributed by atoms with Gasteiger partial charge in [-0.2, -0.15) is 0 Å². The Morgan fingerprint density at radius 1 is 1.54 bits per heavy atom. The number of nitrogens with zero attached hydrogens (tertiary/aromatic N) is 2. The molecule has 0 bridgehead atoms. The van der Waals surface area contributed by atoms with Crippen LogP contribution in [0.4, 0.5) is 5.69 Å². The van der Waals surface area contributed by atoms with Crippen LogP contribution >= 0.6 is 11.3 Å². The maximum Gasteiger partial charge on any atom is 0.226 e. The highest BCUT2D eigenvalue weighted by Gasteiger charge is 2.24. The van der Waals surface area contributed by atoms with E-state index in [4.69, 9.17) is 9.47 Å². The lowest BCUT2D eigenvalue weighted by molar-refractivity contribution is -0.119. The van der Waals surface area contributed by atoms with Crippen LogP contribution in [-0.2, 0) is 17.8 Å². The minimum absolute atomic E-state index is 0.0222. The summed E-state index contributed by atoms with van der Waals surface area (Å²) in [5.41, 5.74) is 1.97. The fourth-order valence-electron chi connectivity index (χ4n) is 2.71. The lowest BCUT2D eigenvalue weighted by Gasteiger charge is -2.34. The molecule has 1 aromatic carbocycles. The Kier molecular flexibility index (Phi) is 4.89. The lowest BCUT2D eigenvalue weighted by atomic mass is 10.2. The number of likely N-dealkylation sites (N-methyl/N-ethyl adjacent to an activating group) is 1. The summed E-state index contributed by atoms with van der Waals surface area (Å²) in [5, 5.41) is 5.46. The van der Waals surface area contributed by atoms with Gasteiger partial charge in [0.05, 0.1) is 38.0 Å². The molecule has 7 heteroatoms. The van der Waals surface area contributed by atoms with Crippen LogP contribution in [0.5, 0.6) is 11.5 Å². The van der Waals surface area contributed by atoms with Gasteiger partial charge >= 0.3 is 0 Å². The van der Waals surface area contributed by atoms with Crippen LogP contribution in [0.1, 0.15) is 17.6 Å². The van der Waals surface area contributed by atoms with Gasteiger partial charge in [0.2, 0.25) is 5.91 Å². The number of thiazole rings is 1. The molecule has 2 aromatic rings. The van der Waals surface area contributed by atoms with Gasteiger partial charge in [0.1, 0.15) is 22.6 Å². The third kappa shape index (κ3) is 3.62. The molecule has 0 saturated carbocycles. The second-order valence-electron chi connectivity index (χ2n) is 5.73. The number of hydrogen-bond donors (Lipinski definition) is 1. The number of nitrogens with one attached hydrogen (secondary N) is 1. The van der Waals surface area contributed by atoms with Crippen LogP contribution in [0.25, 0.3) is 0 Å². The molecule has 2 heterocycles. The van der Waals surface area contributed by atoms with Crippen molar-refractivity contribution in [3.8, 4) is 11.5 Å². The predicted molar refractivity (Wildman–Crippen MR) is 94.0 cm³/mol. The molecule has 3 rings (SSSR count). The van der Waals surface area contributed by atoms with Gasteiger partial charge in [-0.05, 0) is 19.1 Å². The van der Waals surface area contributed by atoms with Crippen molar-refractivity contribution in [3.05, 3.63) is 34.3 Å². The topological polar surface area (TPSA) is 63.7 Å². The Bertz CT molecular complexity index is 732. The third-order valence-electron chi connectivity index (χ3n) is 3.86. The maximum absolute atomic E-state index is 11.5. The fraction of sp³-hybridized carbons (Fsp3) is 0.412. The van der Waals surface area contributed by atoms with Crippen molar-refractivity contribution < 1.29 is 14.3 Å². The Balaban J connectivity index is 1.79. The van der Waals surface area contributed by atoms with Crippen LogP contribution in [0, 0.1) is 0 Å². The number of benzene rings is 1. The normalized spacial score (nSPS) is 16.3. The number of aromatic nitrogens is 1. The number of carbonyl (C=O) groups excluding carboxylic acids is 1. The molecule has 6 nitrogen and oxygen atoms in total. The Labute approximate surface area is 145 Å². The first-order valence-electron chi connectivity index (χ1n) is 7.82. The monoisotopic (exact) mass is 347 g/mol. The number of methoxy groups -OCH3 is 1. The van der Waals surface area contributed by atoms with Crippen molar-refractivity contribution in [2.45, 2.75) is 26.0 Å². The molecule has 1 N–H and O–H groups in total. The predicted octanol–water partition coefficient (Wildman–Crippen LogP) is 2.23. The van der Waals surface area contributed by atoms with Gasteiger partial charge in [-0.25, -0.2) is 4.98 Å². The zero-order valence-corrected chi connectivity index (χ0v) is 14.9. The highest BCUT2D eigenvalue weighted by Crippen LogP contribution is 2.37. The maximum atomic E-state index is 11.5. The van der Waals surface area contributed by atoms with E-state index in [0.717, 1.165) is 34.4 Å². The molecule has 0 saturated heterocycles. The van der Waals surface area contributed by atoms with E-state index >= 15 is 0 Å². The number of rotatable bonds is 5. The van der Waals surface area contributed by atoms with E-state index in [-0.39, 0.29) is 12.0 Å². The fourth-order valence-corrected chi connectivity index (χ4v) is 3.49. The number of fused-ring (bicyclic) bond motifs is 1. The summed E-state index contributed by atoms with van der Waals surface area (Å²) in [4.78, 5) is 18.3. The Hall–Kier alpha value is -2.28. The molecular weight excluding hydrogens is 326 g/mol. The zero-order valence-electron chi connectivity index (χ0n) is 14.0. The van der Waals surface area contributed by atoms with Crippen molar-refractivity contribution in [2.75, 3.05) is 25.6 Å². The van der Waals surface area contributed by atoms with Crippen LogP contribution in [0.3, 0.4) is 0 Å². The molecular formula is C17H21N3O3S. The first-order chi connectivity index (χ1) is 11.6. The lowest BCUT2D eigenvalue weighted by Crippen LogP contribution is -2.38. The summed E-state index contributed by atoms with van der Waals surface area (Å²) < 4.78 is 11.2. The number of amides is 1. The minimum atomic E-state index is -0.0222. The minimum Gasteiger partial charge on any atom is -0.497 e. The summed E-state index contributed by atoms with van der Waals surface area (Å²) in [6.45, 7) is 3.51. The second kappa shape index (κ2) is 7.09. The van der Waals surface area contributed by atoms with Crippen LogP contribution in [0.2, 0.25) is 0 Å². The van der Waals surface area contributed by atoms with Crippen molar-refractivity contribution in [1.29, 1.82) is 0 Å². The summed E-state index contributed by atoms with van der Waals surface area (Å²) in [5.74, 6) is 1.64. The van der Waals surface area contributed by atoms with Gasteiger partial charge in [-0.3, -0.25) is 4.79 Å². The molecule has 1 aliphatic heterocycles. The molecule has 0 spiro atoms. The van der Waals surface area contributed by atoms with E-state index in [1.54, 1.807) is 14.2 Å². The standard InChI is InChI=1S/C17H21N3O3S/c1-11-8-20(14-6-13(22-3)4-5-15(14)23-11)9-12-10-24-17(19-12)7-16(21)18-2/h4-6,10-11H,7-9H2,1-3H3,(H,18,21)/t11-/m0/s1. The van der Waals surface area contributed by atoms with Gasteiger partial charge < -0.3 is 19.7 Å². The Morgan fingerprint density at radius 3 is 3.12 bits per heavy atom. The molecule has 1 atom stereocenters. The SMILES string of the molecule is CNC(=O)Cc1nc(CN2C[C@H](C)Oc3ccc(OC)cc32)cs1. The zero-order chi connectivity index (χ0) is 17.1. The molecule has 128 valence electrons. The summed E-state index contributed by atoms with van der Waals surface area (Å²) in [7, 11) is 3.29. The van der Waals surface area contributed by atoms with Gasteiger partial charge in [-0.15, -0.1) is 11.3 Å². The number of ether oxygens (including phenoxy) is 2. The average Bonchev–Trinajstić information content (AvgIpc) is 3.01. The second-order valence-corrected chi connectivity index (χ2v) is 6.67. The largest absolute Gasteiger partial charge is 0.497 e. The average molecular weight is 347 g/mol.